The molecule has 3 N–H and O–H groups in total. The summed E-state index contributed by atoms with van der Waals surface area (Å²) in [5.74, 6) is 1.47. The van der Waals surface area contributed by atoms with Gasteiger partial charge in [-0.05, 0) is 60.9 Å². The van der Waals surface area contributed by atoms with Gasteiger partial charge in [-0.2, -0.15) is 0 Å². The summed E-state index contributed by atoms with van der Waals surface area (Å²) in [6, 6.07) is 21.4. The van der Waals surface area contributed by atoms with E-state index < -0.39 is 0 Å². The molecule has 0 aliphatic carbocycles. The number of carbonyl (C=O) groups excluding carboxylic acids is 1. The fourth-order valence-corrected chi connectivity index (χ4v) is 3.22. The van der Waals surface area contributed by atoms with Gasteiger partial charge in [0, 0.05) is 31.9 Å². The minimum absolute atomic E-state index is 0.0778. The Balaban J connectivity index is 1.53. The van der Waals surface area contributed by atoms with Gasteiger partial charge in [-0.1, -0.05) is 30.3 Å². The normalized spacial score (nSPS) is 11.0. The van der Waals surface area contributed by atoms with E-state index in [1.54, 1.807) is 13.2 Å². The second-order valence-electron chi connectivity index (χ2n) is 7.41. The number of carbonyl (C=O) groups is 1. The molecular formula is C26H31N5O2. The summed E-state index contributed by atoms with van der Waals surface area (Å²) in [7, 11) is 1.64. The molecule has 7 heteroatoms. The maximum atomic E-state index is 11.8. The van der Waals surface area contributed by atoms with E-state index >= 15 is 0 Å². The molecule has 172 valence electrons. The van der Waals surface area contributed by atoms with Gasteiger partial charge in [-0.3, -0.25) is 9.78 Å². The molecule has 2 aromatic carbocycles. The Morgan fingerprint density at radius 1 is 1.00 bits per heavy atom. The monoisotopic (exact) mass is 445 g/mol. The number of amides is 1. The van der Waals surface area contributed by atoms with Crippen LogP contribution in [0.4, 0.5) is 0 Å². The molecular weight excluding hydrogens is 414 g/mol. The number of guanidine groups is 1. The molecule has 1 heterocycles. The number of aromatic nitrogens is 1. The number of nitrogens with one attached hydrogen (secondary N) is 3. The number of benzene rings is 2. The molecule has 0 radical (unpaired) electrons. The largest absolute Gasteiger partial charge is 0.487 e. The third kappa shape index (κ3) is 7.96. The average Bonchev–Trinajstić information content (AvgIpc) is 2.86. The average molecular weight is 446 g/mol. The third-order valence-electron chi connectivity index (χ3n) is 4.90. The van der Waals surface area contributed by atoms with Gasteiger partial charge in [0.15, 0.2) is 5.96 Å². The smallest absolute Gasteiger partial charge is 0.251 e. The van der Waals surface area contributed by atoms with Gasteiger partial charge in [0.25, 0.3) is 5.91 Å². The van der Waals surface area contributed by atoms with Gasteiger partial charge in [0.1, 0.15) is 12.4 Å². The summed E-state index contributed by atoms with van der Waals surface area (Å²) in [6.07, 6.45) is 2.55. The van der Waals surface area contributed by atoms with Crippen molar-refractivity contribution in [3.8, 4) is 5.75 Å². The van der Waals surface area contributed by atoms with Crippen molar-refractivity contribution in [2.45, 2.75) is 26.5 Å². The summed E-state index contributed by atoms with van der Waals surface area (Å²) < 4.78 is 5.86. The zero-order valence-corrected chi connectivity index (χ0v) is 19.2. The molecule has 0 spiro atoms. The molecule has 0 saturated carbocycles. The second-order valence-corrected chi connectivity index (χ2v) is 7.41. The molecule has 0 aliphatic heterocycles. The van der Waals surface area contributed by atoms with Gasteiger partial charge >= 0.3 is 0 Å². The van der Waals surface area contributed by atoms with Crippen LogP contribution in [0.15, 0.2) is 77.9 Å². The van der Waals surface area contributed by atoms with Gasteiger partial charge in [0.2, 0.25) is 0 Å². The van der Waals surface area contributed by atoms with Crippen LogP contribution in [-0.4, -0.2) is 37.0 Å². The predicted molar refractivity (Wildman–Crippen MR) is 131 cm³/mol. The SMILES string of the molecule is CCNC(=NCc1cccc(OCc2ccccn2)c1)NCCc1cccc(C(=O)NC)c1. The van der Waals surface area contributed by atoms with E-state index in [2.05, 4.69) is 20.9 Å². The van der Waals surface area contributed by atoms with Gasteiger partial charge in [-0.15, -0.1) is 0 Å². The molecule has 0 unspecified atom stereocenters. The van der Waals surface area contributed by atoms with Crippen LogP contribution < -0.4 is 20.7 Å². The Kier molecular flexibility index (Phi) is 9.27. The van der Waals surface area contributed by atoms with Crippen LogP contribution in [0, 0.1) is 0 Å². The third-order valence-corrected chi connectivity index (χ3v) is 4.90. The lowest BCUT2D eigenvalue weighted by Crippen LogP contribution is -2.38. The highest BCUT2D eigenvalue weighted by Crippen LogP contribution is 2.15. The maximum absolute atomic E-state index is 11.8. The Labute approximate surface area is 195 Å². The van der Waals surface area contributed by atoms with Crippen LogP contribution in [0.5, 0.6) is 5.75 Å². The van der Waals surface area contributed by atoms with E-state index in [4.69, 9.17) is 9.73 Å². The summed E-state index contributed by atoms with van der Waals surface area (Å²) in [4.78, 5) is 20.8. The fourth-order valence-electron chi connectivity index (χ4n) is 3.22. The first-order valence-electron chi connectivity index (χ1n) is 11.1. The first kappa shape index (κ1) is 23.8. The van der Waals surface area contributed by atoms with E-state index in [9.17, 15) is 4.79 Å². The van der Waals surface area contributed by atoms with Crippen molar-refractivity contribution in [2.75, 3.05) is 20.1 Å². The Hall–Kier alpha value is -3.87. The highest BCUT2D eigenvalue weighted by molar-refractivity contribution is 5.94. The Bertz CT molecular complexity index is 1050. The molecule has 1 amide bonds. The van der Waals surface area contributed by atoms with Crippen molar-refractivity contribution < 1.29 is 9.53 Å². The lowest BCUT2D eigenvalue weighted by molar-refractivity contribution is 0.0963. The minimum Gasteiger partial charge on any atom is -0.487 e. The number of aliphatic imine (C=N–C) groups is 1. The molecule has 7 nitrogen and oxygen atoms in total. The fraction of sp³-hybridized carbons (Fsp3) is 0.269. The van der Waals surface area contributed by atoms with Gasteiger partial charge in [0.05, 0.1) is 12.2 Å². The minimum atomic E-state index is -0.0778. The van der Waals surface area contributed by atoms with Crippen LogP contribution in [0.3, 0.4) is 0 Å². The lowest BCUT2D eigenvalue weighted by Gasteiger charge is -2.12. The molecule has 0 bridgehead atoms. The summed E-state index contributed by atoms with van der Waals surface area (Å²) >= 11 is 0. The van der Waals surface area contributed by atoms with Crippen molar-refractivity contribution in [2.24, 2.45) is 4.99 Å². The van der Waals surface area contributed by atoms with Crippen LogP contribution in [-0.2, 0) is 19.6 Å². The summed E-state index contributed by atoms with van der Waals surface area (Å²) in [5, 5.41) is 9.29. The number of pyridine rings is 1. The van der Waals surface area contributed by atoms with E-state index in [1.807, 2.05) is 73.7 Å². The molecule has 3 rings (SSSR count). The quantitative estimate of drug-likeness (QED) is 0.329. The van der Waals surface area contributed by atoms with Crippen LogP contribution >= 0.6 is 0 Å². The number of hydrogen-bond acceptors (Lipinski definition) is 4. The van der Waals surface area contributed by atoms with Crippen molar-refractivity contribution >= 4 is 11.9 Å². The molecule has 3 aromatic rings. The molecule has 0 fully saturated rings. The van der Waals surface area contributed by atoms with Crippen LogP contribution in [0.2, 0.25) is 0 Å². The molecule has 33 heavy (non-hydrogen) atoms. The van der Waals surface area contributed by atoms with Crippen molar-refractivity contribution in [3.63, 3.8) is 0 Å². The number of ether oxygens (including phenoxy) is 1. The Morgan fingerprint density at radius 2 is 1.85 bits per heavy atom. The lowest BCUT2D eigenvalue weighted by atomic mass is 10.1. The molecule has 0 aliphatic rings. The predicted octanol–water partition coefficient (Wildman–Crippen LogP) is 3.32. The second kappa shape index (κ2) is 12.9. The van der Waals surface area contributed by atoms with Crippen molar-refractivity contribution in [1.82, 2.24) is 20.9 Å². The number of hydrogen-bond donors (Lipinski definition) is 3. The van der Waals surface area contributed by atoms with E-state index in [1.165, 1.54) is 0 Å². The zero-order chi connectivity index (χ0) is 23.3. The highest BCUT2D eigenvalue weighted by atomic mass is 16.5. The summed E-state index contributed by atoms with van der Waals surface area (Å²) in [6.45, 7) is 4.47. The van der Waals surface area contributed by atoms with Gasteiger partial charge < -0.3 is 20.7 Å². The van der Waals surface area contributed by atoms with E-state index in [0.717, 1.165) is 41.5 Å². The van der Waals surface area contributed by atoms with Crippen LogP contribution in [0.25, 0.3) is 0 Å². The standard InChI is InChI=1S/C26H31N5O2/c1-3-28-26(30-15-13-20-8-6-10-22(16-20)25(32)27-2)31-18-21-9-7-12-24(17-21)33-19-23-11-4-5-14-29-23/h4-12,14,16-17H,3,13,15,18-19H2,1-2H3,(H,27,32)(H2,28,30,31). The van der Waals surface area contributed by atoms with E-state index in [0.29, 0.717) is 25.3 Å². The van der Waals surface area contributed by atoms with Crippen molar-refractivity contribution in [1.29, 1.82) is 0 Å². The van der Waals surface area contributed by atoms with E-state index in [-0.39, 0.29) is 5.91 Å². The number of nitrogens with zero attached hydrogens (tertiary/aromatic N) is 2. The first-order valence-corrected chi connectivity index (χ1v) is 11.1. The maximum Gasteiger partial charge on any atom is 0.251 e. The summed E-state index contributed by atoms with van der Waals surface area (Å²) in [5.41, 5.74) is 3.71. The molecule has 1 aromatic heterocycles. The first-order chi connectivity index (χ1) is 16.2. The highest BCUT2D eigenvalue weighted by Gasteiger charge is 2.05. The molecule has 0 saturated heterocycles. The zero-order valence-electron chi connectivity index (χ0n) is 19.2. The van der Waals surface area contributed by atoms with Crippen LogP contribution in [0.1, 0.15) is 34.1 Å². The van der Waals surface area contributed by atoms with Crippen molar-refractivity contribution in [3.05, 3.63) is 95.3 Å². The van der Waals surface area contributed by atoms with Gasteiger partial charge in [-0.25, -0.2) is 4.99 Å². The topological polar surface area (TPSA) is 87.6 Å². The molecule has 0 atom stereocenters. The number of rotatable bonds is 10. The Morgan fingerprint density at radius 3 is 2.64 bits per heavy atom.